The zero-order chi connectivity index (χ0) is 14.9. The Hall–Kier alpha value is -2.14. The summed E-state index contributed by atoms with van der Waals surface area (Å²) in [6, 6.07) is 15.5. The number of thioether (sulfide) groups is 1. The average Bonchev–Trinajstić information content (AvgIpc) is 2.55. The lowest BCUT2D eigenvalue weighted by atomic mass is 10.1. The third kappa shape index (κ3) is 5.04. The number of amides is 1. The minimum atomic E-state index is -0.132. The van der Waals surface area contributed by atoms with Crippen LogP contribution in [0.25, 0.3) is 0 Å². The van der Waals surface area contributed by atoms with E-state index in [9.17, 15) is 4.79 Å². The Morgan fingerprint density at radius 3 is 2.62 bits per heavy atom. The molecule has 0 aliphatic heterocycles. The van der Waals surface area contributed by atoms with Gasteiger partial charge in [0.2, 0.25) is 5.91 Å². The summed E-state index contributed by atoms with van der Waals surface area (Å²) in [6.07, 6.45) is 2.47. The van der Waals surface area contributed by atoms with Gasteiger partial charge in [0.15, 0.2) is 0 Å². The Morgan fingerprint density at radius 1 is 1.19 bits per heavy atom. The van der Waals surface area contributed by atoms with E-state index >= 15 is 0 Å². The fraction of sp³-hybridized carbons (Fsp3) is 0.188. The number of hydrogen-bond acceptors (Lipinski definition) is 4. The molecule has 1 heterocycles. The van der Waals surface area contributed by atoms with E-state index in [2.05, 4.69) is 15.5 Å². The maximum atomic E-state index is 11.8. The summed E-state index contributed by atoms with van der Waals surface area (Å²) in [5.41, 5.74) is 4.50. The van der Waals surface area contributed by atoms with E-state index in [4.69, 9.17) is 0 Å². The van der Waals surface area contributed by atoms with E-state index < -0.39 is 0 Å². The Labute approximate surface area is 128 Å². The van der Waals surface area contributed by atoms with Crippen molar-refractivity contribution in [3.8, 4) is 0 Å². The van der Waals surface area contributed by atoms with Crippen LogP contribution in [0.1, 0.15) is 18.9 Å². The number of nitrogens with one attached hydrogen (secondary N) is 1. The number of rotatable bonds is 6. The minimum Gasteiger partial charge on any atom is -0.272 e. The molecule has 1 N–H and O–H groups in total. The third-order valence-electron chi connectivity index (χ3n) is 2.75. The number of pyridine rings is 1. The normalized spacial score (nSPS) is 11.2. The van der Waals surface area contributed by atoms with Crippen molar-refractivity contribution >= 4 is 23.4 Å². The number of hydrogen-bond donors (Lipinski definition) is 1. The van der Waals surface area contributed by atoms with Crippen molar-refractivity contribution in [1.82, 2.24) is 10.4 Å². The molecule has 4 nitrogen and oxygen atoms in total. The SMILES string of the molecule is CC/C(=N/NC(=O)CSc1ccccn1)c1ccccc1. The largest absolute Gasteiger partial charge is 0.272 e. The van der Waals surface area contributed by atoms with E-state index in [-0.39, 0.29) is 5.91 Å². The standard InChI is InChI=1S/C16H17N3OS/c1-2-14(13-8-4-3-5-9-13)18-19-15(20)12-21-16-10-6-7-11-17-16/h3-11H,2,12H2,1H3,(H,19,20)/b18-14-. The molecule has 0 saturated heterocycles. The van der Waals surface area contributed by atoms with Gasteiger partial charge in [-0.25, -0.2) is 10.4 Å². The Balaban J connectivity index is 1.88. The first-order valence-corrected chi connectivity index (χ1v) is 7.73. The Kier molecular flexibility index (Phi) is 5.97. The molecule has 0 aliphatic carbocycles. The van der Waals surface area contributed by atoms with Gasteiger partial charge in [-0.1, -0.05) is 55.1 Å². The molecule has 1 amide bonds. The van der Waals surface area contributed by atoms with E-state index in [0.717, 1.165) is 22.7 Å². The van der Waals surface area contributed by atoms with Gasteiger partial charge >= 0.3 is 0 Å². The molecule has 108 valence electrons. The number of hydrazone groups is 1. The first-order valence-electron chi connectivity index (χ1n) is 6.74. The van der Waals surface area contributed by atoms with Gasteiger partial charge in [-0.2, -0.15) is 5.10 Å². The molecule has 0 unspecified atom stereocenters. The fourth-order valence-corrected chi connectivity index (χ4v) is 2.37. The Morgan fingerprint density at radius 2 is 1.95 bits per heavy atom. The molecule has 1 aromatic carbocycles. The quantitative estimate of drug-likeness (QED) is 0.506. The monoisotopic (exact) mass is 299 g/mol. The maximum Gasteiger partial charge on any atom is 0.250 e. The van der Waals surface area contributed by atoms with Gasteiger partial charge in [-0.05, 0) is 24.1 Å². The van der Waals surface area contributed by atoms with Crippen LogP contribution in [0.3, 0.4) is 0 Å². The van der Waals surface area contributed by atoms with Crippen LogP contribution in [-0.2, 0) is 4.79 Å². The summed E-state index contributed by atoms with van der Waals surface area (Å²) in [5, 5.41) is 5.04. The van der Waals surface area contributed by atoms with Crippen LogP contribution in [0.4, 0.5) is 0 Å². The average molecular weight is 299 g/mol. The molecule has 0 fully saturated rings. The number of carbonyl (C=O) groups is 1. The lowest BCUT2D eigenvalue weighted by Gasteiger charge is -2.05. The van der Waals surface area contributed by atoms with Crippen LogP contribution in [0.2, 0.25) is 0 Å². The molecule has 2 aromatic rings. The lowest BCUT2D eigenvalue weighted by molar-refractivity contribution is -0.118. The van der Waals surface area contributed by atoms with Crippen molar-refractivity contribution in [2.45, 2.75) is 18.4 Å². The van der Waals surface area contributed by atoms with Crippen LogP contribution in [0, 0.1) is 0 Å². The fourth-order valence-electron chi connectivity index (χ4n) is 1.71. The van der Waals surface area contributed by atoms with Crippen molar-refractivity contribution in [3.63, 3.8) is 0 Å². The highest BCUT2D eigenvalue weighted by Crippen LogP contribution is 2.13. The van der Waals surface area contributed by atoms with Gasteiger partial charge in [0.25, 0.3) is 0 Å². The lowest BCUT2D eigenvalue weighted by Crippen LogP contribution is -2.21. The second kappa shape index (κ2) is 8.21. The van der Waals surface area contributed by atoms with E-state index in [0.29, 0.717) is 5.75 Å². The zero-order valence-electron chi connectivity index (χ0n) is 11.8. The molecule has 1 aromatic heterocycles. The summed E-state index contributed by atoms with van der Waals surface area (Å²) in [7, 11) is 0. The molecular weight excluding hydrogens is 282 g/mol. The van der Waals surface area contributed by atoms with Gasteiger partial charge in [-0.15, -0.1) is 0 Å². The van der Waals surface area contributed by atoms with Crippen LogP contribution in [0.5, 0.6) is 0 Å². The van der Waals surface area contributed by atoms with Crippen LogP contribution < -0.4 is 5.43 Å². The van der Waals surface area contributed by atoms with Crippen LogP contribution >= 0.6 is 11.8 Å². The van der Waals surface area contributed by atoms with Gasteiger partial charge < -0.3 is 0 Å². The maximum absolute atomic E-state index is 11.8. The van der Waals surface area contributed by atoms with Crippen molar-refractivity contribution in [3.05, 3.63) is 60.3 Å². The summed E-state index contributed by atoms with van der Waals surface area (Å²) in [4.78, 5) is 16.0. The number of aromatic nitrogens is 1. The molecule has 0 saturated carbocycles. The third-order valence-corrected chi connectivity index (χ3v) is 3.69. The number of benzene rings is 1. The molecule has 0 aliphatic rings. The van der Waals surface area contributed by atoms with Crippen molar-refractivity contribution < 1.29 is 4.79 Å². The Bertz CT molecular complexity index is 599. The molecule has 0 atom stereocenters. The highest BCUT2D eigenvalue weighted by atomic mass is 32.2. The summed E-state index contributed by atoms with van der Waals surface area (Å²) in [6.45, 7) is 2.01. The van der Waals surface area contributed by atoms with Crippen molar-refractivity contribution in [1.29, 1.82) is 0 Å². The first kappa shape index (κ1) is 15.3. The van der Waals surface area contributed by atoms with E-state index in [1.54, 1.807) is 6.20 Å². The number of carbonyl (C=O) groups excluding carboxylic acids is 1. The van der Waals surface area contributed by atoms with Gasteiger partial charge in [0, 0.05) is 6.20 Å². The topological polar surface area (TPSA) is 54.4 Å². The summed E-state index contributed by atoms with van der Waals surface area (Å²) >= 11 is 1.39. The molecular formula is C16H17N3OS. The molecule has 2 rings (SSSR count). The molecule has 21 heavy (non-hydrogen) atoms. The van der Waals surface area contributed by atoms with Gasteiger partial charge in [-0.3, -0.25) is 4.79 Å². The predicted molar refractivity (Wildman–Crippen MR) is 86.4 cm³/mol. The predicted octanol–water partition coefficient (Wildman–Crippen LogP) is 3.10. The zero-order valence-corrected chi connectivity index (χ0v) is 12.6. The second-order valence-corrected chi connectivity index (χ2v) is 5.27. The number of nitrogens with zero attached hydrogens (tertiary/aromatic N) is 2. The highest BCUT2D eigenvalue weighted by Gasteiger charge is 2.04. The van der Waals surface area contributed by atoms with Crippen LogP contribution in [-0.4, -0.2) is 22.4 Å². The smallest absolute Gasteiger partial charge is 0.250 e. The highest BCUT2D eigenvalue weighted by molar-refractivity contribution is 7.99. The summed E-state index contributed by atoms with van der Waals surface area (Å²) in [5.74, 6) is 0.166. The van der Waals surface area contributed by atoms with Crippen LogP contribution in [0.15, 0.2) is 64.9 Å². The first-order chi connectivity index (χ1) is 10.3. The van der Waals surface area contributed by atoms with Gasteiger partial charge in [0.1, 0.15) is 0 Å². The minimum absolute atomic E-state index is 0.132. The summed E-state index contributed by atoms with van der Waals surface area (Å²) < 4.78 is 0. The second-order valence-electron chi connectivity index (χ2n) is 4.27. The molecule has 0 bridgehead atoms. The van der Waals surface area contributed by atoms with Crippen molar-refractivity contribution in [2.24, 2.45) is 5.10 Å². The molecule has 0 radical (unpaired) electrons. The van der Waals surface area contributed by atoms with Gasteiger partial charge in [0.05, 0.1) is 16.5 Å². The molecule has 0 spiro atoms. The molecule has 5 heteroatoms. The van der Waals surface area contributed by atoms with Crippen molar-refractivity contribution in [2.75, 3.05) is 5.75 Å². The van der Waals surface area contributed by atoms with E-state index in [1.807, 2.05) is 55.5 Å². The van der Waals surface area contributed by atoms with E-state index in [1.165, 1.54) is 11.8 Å².